The van der Waals surface area contributed by atoms with E-state index in [1.54, 1.807) is 38.1 Å². The fraction of sp³-hybridized carbons (Fsp3) is 0.222. The highest BCUT2D eigenvalue weighted by molar-refractivity contribution is 6.30. The monoisotopic (exact) mass is 346 g/mol. The second kappa shape index (κ2) is 7.36. The molecule has 0 heterocycles. The lowest BCUT2D eigenvalue weighted by molar-refractivity contribution is -0.255. The molecule has 1 amide bonds. The highest BCUT2D eigenvalue weighted by atomic mass is 35.5. The van der Waals surface area contributed by atoms with Crippen LogP contribution >= 0.6 is 11.6 Å². The molecule has 2 aromatic carbocycles. The molecule has 0 aliphatic heterocycles. The van der Waals surface area contributed by atoms with Crippen molar-refractivity contribution in [3.05, 3.63) is 58.1 Å². The van der Waals surface area contributed by atoms with Gasteiger partial charge >= 0.3 is 0 Å². The summed E-state index contributed by atoms with van der Waals surface area (Å²) in [4.78, 5) is 23.2. The summed E-state index contributed by atoms with van der Waals surface area (Å²) in [6, 6.07) is 9.52. The first kappa shape index (κ1) is 17.8. The number of nitrogens with one attached hydrogen (secondary N) is 1. The van der Waals surface area contributed by atoms with E-state index >= 15 is 0 Å². The number of rotatable bonds is 5. The van der Waals surface area contributed by atoms with Crippen LogP contribution in [0.5, 0.6) is 5.75 Å². The molecule has 0 bridgehead atoms. The molecule has 5 nitrogen and oxygen atoms in total. The molecule has 0 saturated carbocycles. The summed E-state index contributed by atoms with van der Waals surface area (Å²) >= 11 is 5.89. The van der Waals surface area contributed by atoms with Gasteiger partial charge in [0.1, 0.15) is 5.75 Å². The summed E-state index contributed by atoms with van der Waals surface area (Å²) in [5.74, 6) is -1.13. The van der Waals surface area contributed by atoms with Crippen LogP contribution in [0.1, 0.15) is 28.4 Å². The first-order valence-corrected chi connectivity index (χ1v) is 7.71. The van der Waals surface area contributed by atoms with Crippen molar-refractivity contribution in [2.75, 3.05) is 5.32 Å². The Morgan fingerprint density at radius 3 is 2.46 bits per heavy atom. The molecule has 1 atom stereocenters. The minimum atomic E-state index is -1.30. The van der Waals surface area contributed by atoms with Gasteiger partial charge in [-0.1, -0.05) is 23.7 Å². The Hall–Kier alpha value is -2.53. The van der Waals surface area contributed by atoms with Crippen molar-refractivity contribution < 1.29 is 19.4 Å². The van der Waals surface area contributed by atoms with E-state index in [9.17, 15) is 14.7 Å². The van der Waals surface area contributed by atoms with Crippen LogP contribution in [-0.4, -0.2) is 18.0 Å². The maximum Gasteiger partial charge on any atom is 0.265 e. The van der Waals surface area contributed by atoms with Crippen LogP contribution in [-0.2, 0) is 4.79 Å². The zero-order valence-electron chi connectivity index (χ0n) is 13.6. The van der Waals surface area contributed by atoms with E-state index in [0.717, 1.165) is 11.1 Å². The van der Waals surface area contributed by atoms with E-state index in [-0.39, 0.29) is 11.5 Å². The van der Waals surface area contributed by atoms with Gasteiger partial charge in [0.05, 0.1) is 5.97 Å². The Morgan fingerprint density at radius 2 is 1.83 bits per heavy atom. The Kier molecular flexibility index (Phi) is 5.46. The van der Waals surface area contributed by atoms with Gasteiger partial charge in [0.25, 0.3) is 5.91 Å². The Labute approximate surface area is 145 Å². The standard InChI is InChI=1S/C18H18ClNO4/c1-10-4-5-13(18(22)23)9-15(10)20-17(21)12(3)24-16-7-6-14(19)8-11(16)2/h4-9,12H,1-3H3,(H,20,21)(H,22,23)/p-1/t12-/m0/s1. The molecule has 0 unspecified atom stereocenters. The van der Waals surface area contributed by atoms with Crippen LogP contribution in [0.4, 0.5) is 5.69 Å². The van der Waals surface area contributed by atoms with Crippen LogP contribution in [0, 0.1) is 13.8 Å². The second-order valence-corrected chi connectivity index (χ2v) is 5.91. The molecule has 0 saturated heterocycles. The zero-order valence-corrected chi connectivity index (χ0v) is 14.3. The number of carbonyl (C=O) groups is 2. The van der Waals surface area contributed by atoms with Gasteiger partial charge in [0, 0.05) is 10.7 Å². The van der Waals surface area contributed by atoms with Crippen molar-refractivity contribution in [3.63, 3.8) is 0 Å². The molecule has 126 valence electrons. The fourth-order valence-electron chi connectivity index (χ4n) is 2.11. The minimum Gasteiger partial charge on any atom is -0.545 e. The Morgan fingerprint density at radius 1 is 1.12 bits per heavy atom. The van der Waals surface area contributed by atoms with Gasteiger partial charge < -0.3 is 20.0 Å². The lowest BCUT2D eigenvalue weighted by Crippen LogP contribution is -2.31. The average molecular weight is 347 g/mol. The summed E-state index contributed by atoms with van der Waals surface area (Å²) in [5.41, 5.74) is 1.96. The van der Waals surface area contributed by atoms with Crippen LogP contribution in [0.2, 0.25) is 5.02 Å². The summed E-state index contributed by atoms with van der Waals surface area (Å²) in [7, 11) is 0. The summed E-state index contributed by atoms with van der Waals surface area (Å²) in [6.07, 6.45) is -0.768. The summed E-state index contributed by atoms with van der Waals surface area (Å²) in [5, 5.41) is 14.2. The number of aromatic carboxylic acids is 1. The van der Waals surface area contributed by atoms with Crippen molar-refractivity contribution in [2.45, 2.75) is 26.9 Å². The molecule has 1 N–H and O–H groups in total. The predicted octanol–water partition coefficient (Wildman–Crippen LogP) is 2.73. The number of aryl methyl sites for hydroxylation is 2. The lowest BCUT2D eigenvalue weighted by atomic mass is 10.1. The van der Waals surface area contributed by atoms with Gasteiger partial charge in [0.2, 0.25) is 0 Å². The molecule has 0 aliphatic rings. The third-order valence-corrected chi connectivity index (χ3v) is 3.78. The van der Waals surface area contributed by atoms with E-state index in [1.807, 2.05) is 6.92 Å². The van der Waals surface area contributed by atoms with E-state index in [4.69, 9.17) is 16.3 Å². The number of hydrogen-bond donors (Lipinski definition) is 1. The van der Waals surface area contributed by atoms with E-state index < -0.39 is 12.1 Å². The van der Waals surface area contributed by atoms with Gasteiger partial charge in [-0.25, -0.2) is 0 Å². The molecule has 6 heteroatoms. The van der Waals surface area contributed by atoms with Crippen LogP contribution in [0.3, 0.4) is 0 Å². The topological polar surface area (TPSA) is 78.5 Å². The first-order chi connectivity index (χ1) is 11.3. The highest BCUT2D eigenvalue weighted by Gasteiger charge is 2.17. The lowest BCUT2D eigenvalue weighted by Gasteiger charge is -2.17. The molecule has 0 aliphatic carbocycles. The molecule has 24 heavy (non-hydrogen) atoms. The van der Waals surface area contributed by atoms with Crippen molar-refractivity contribution in [2.24, 2.45) is 0 Å². The molecule has 2 aromatic rings. The number of hydrogen-bond acceptors (Lipinski definition) is 4. The molecule has 0 aromatic heterocycles. The van der Waals surface area contributed by atoms with E-state index in [0.29, 0.717) is 16.5 Å². The number of benzene rings is 2. The van der Waals surface area contributed by atoms with Crippen LogP contribution in [0.25, 0.3) is 0 Å². The second-order valence-electron chi connectivity index (χ2n) is 5.48. The zero-order chi connectivity index (χ0) is 17.9. The van der Waals surface area contributed by atoms with Crippen LogP contribution < -0.4 is 15.2 Å². The molecule has 0 spiro atoms. The normalized spacial score (nSPS) is 11.7. The first-order valence-electron chi connectivity index (χ1n) is 7.33. The Bertz CT molecular complexity index is 789. The van der Waals surface area contributed by atoms with Crippen molar-refractivity contribution in [1.29, 1.82) is 0 Å². The highest BCUT2D eigenvalue weighted by Crippen LogP contribution is 2.23. The fourth-order valence-corrected chi connectivity index (χ4v) is 2.33. The van der Waals surface area contributed by atoms with Crippen molar-refractivity contribution in [1.82, 2.24) is 0 Å². The SMILES string of the molecule is Cc1ccc(C(=O)[O-])cc1NC(=O)[C@H](C)Oc1ccc(Cl)cc1C. The average Bonchev–Trinajstić information content (AvgIpc) is 2.51. The molecule has 0 radical (unpaired) electrons. The Balaban J connectivity index is 2.11. The van der Waals surface area contributed by atoms with Gasteiger partial charge in [-0.2, -0.15) is 0 Å². The largest absolute Gasteiger partial charge is 0.545 e. The van der Waals surface area contributed by atoms with Gasteiger partial charge in [-0.15, -0.1) is 0 Å². The van der Waals surface area contributed by atoms with Gasteiger partial charge in [-0.05, 0) is 61.7 Å². The number of anilines is 1. The maximum absolute atomic E-state index is 12.3. The molecule has 2 rings (SSSR count). The number of amides is 1. The number of carboxylic acid groups (broad SMARTS) is 1. The minimum absolute atomic E-state index is 0.00184. The summed E-state index contributed by atoms with van der Waals surface area (Å²) < 4.78 is 5.65. The third kappa shape index (κ3) is 4.26. The quantitative estimate of drug-likeness (QED) is 0.902. The number of ether oxygens (including phenoxy) is 1. The molecular weight excluding hydrogens is 330 g/mol. The third-order valence-electron chi connectivity index (χ3n) is 3.54. The molecular formula is C18H17ClNO4-. The number of carbonyl (C=O) groups excluding carboxylic acids is 2. The molecule has 0 fully saturated rings. The van der Waals surface area contributed by atoms with Gasteiger partial charge in [-0.3, -0.25) is 4.79 Å². The van der Waals surface area contributed by atoms with Crippen molar-refractivity contribution >= 4 is 29.2 Å². The van der Waals surface area contributed by atoms with Crippen molar-refractivity contribution in [3.8, 4) is 5.75 Å². The predicted molar refractivity (Wildman–Crippen MR) is 90.4 cm³/mol. The maximum atomic E-state index is 12.3. The van der Waals surface area contributed by atoms with E-state index in [1.165, 1.54) is 12.1 Å². The van der Waals surface area contributed by atoms with Crippen LogP contribution in [0.15, 0.2) is 36.4 Å². The van der Waals surface area contributed by atoms with E-state index in [2.05, 4.69) is 5.32 Å². The van der Waals surface area contributed by atoms with Gasteiger partial charge in [0.15, 0.2) is 6.10 Å². The number of halogens is 1. The smallest absolute Gasteiger partial charge is 0.265 e. The summed E-state index contributed by atoms with van der Waals surface area (Å²) in [6.45, 7) is 5.21. The number of carboxylic acids is 1.